The van der Waals surface area contributed by atoms with E-state index in [-0.39, 0.29) is 0 Å². The Labute approximate surface area is 410 Å². The van der Waals surface area contributed by atoms with Gasteiger partial charge in [0.15, 0.2) is 0 Å². The molecule has 0 saturated carbocycles. The molecular weight excluding hydrogens is 845 g/mol. The number of benzene rings is 10. The summed E-state index contributed by atoms with van der Waals surface area (Å²) in [6, 6.07) is 73.6. The lowest BCUT2D eigenvalue weighted by atomic mass is 9.84. The average Bonchev–Trinajstić information content (AvgIpc) is 3.70. The smallest absolute Gasteiger partial charge is 0.0493 e. The van der Waals surface area contributed by atoms with Gasteiger partial charge in [-0.25, -0.2) is 0 Å². The third kappa shape index (κ3) is 6.77. The van der Waals surface area contributed by atoms with E-state index in [2.05, 4.69) is 228 Å². The first-order valence-corrected chi connectivity index (χ1v) is 25.4. The van der Waals surface area contributed by atoms with Gasteiger partial charge < -0.3 is 9.80 Å². The summed E-state index contributed by atoms with van der Waals surface area (Å²) in [7, 11) is 0. The van der Waals surface area contributed by atoms with Crippen LogP contribution in [-0.2, 0) is 12.8 Å². The average molecular weight is 897 g/mol. The molecular formula is C68H52N2. The number of fused-ring (bicyclic) bond motifs is 6. The fourth-order valence-electron chi connectivity index (χ4n) is 12.4. The zero-order valence-corrected chi connectivity index (χ0v) is 39.3. The second-order valence-electron chi connectivity index (χ2n) is 19.7. The molecule has 0 saturated heterocycles. The maximum Gasteiger partial charge on any atom is 0.0493 e. The van der Waals surface area contributed by atoms with Crippen LogP contribution in [0.25, 0.3) is 76.5 Å². The molecule has 70 heavy (non-hydrogen) atoms. The molecule has 10 aromatic rings. The standard InChI is InChI=1S/C68H52N2/c1-2-20-53-42-54(37-28-45(53)14-1)68-60-41-39-55(69-63-24-9-4-16-48(63)31-32-49-17-5-10-25-64(49)69)43-61(60)67(52-35-29-47(30-36-52)58-23-13-21-46-15-3-8-22-57(46)58)59-40-38-56(44-62(59)68)70-65-26-11-6-18-50(65)33-34-51-19-7-12-27-66(51)70/h1-4,6,8-16,18,20-30,35-44H,5,7,17,19,31-34H2. The summed E-state index contributed by atoms with van der Waals surface area (Å²) in [5.41, 5.74) is 21.0. The zero-order chi connectivity index (χ0) is 46.1. The van der Waals surface area contributed by atoms with Crippen LogP contribution < -0.4 is 9.80 Å². The van der Waals surface area contributed by atoms with Crippen LogP contribution in [0, 0.1) is 0 Å². The molecule has 0 radical (unpaired) electrons. The molecule has 0 atom stereocenters. The van der Waals surface area contributed by atoms with Crippen molar-refractivity contribution in [3.05, 3.63) is 252 Å². The highest BCUT2D eigenvalue weighted by atomic mass is 15.2. The van der Waals surface area contributed by atoms with Gasteiger partial charge in [0.25, 0.3) is 0 Å². The Bertz CT molecular complexity index is 3890. The molecule has 0 aromatic heterocycles. The molecule has 10 aromatic carbocycles. The van der Waals surface area contributed by atoms with E-state index in [0.717, 1.165) is 51.4 Å². The topological polar surface area (TPSA) is 6.48 Å². The Balaban J connectivity index is 1.07. The molecule has 0 fully saturated rings. The predicted octanol–water partition coefficient (Wildman–Crippen LogP) is 18.7. The van der Waals surface area contributed by atoms with E-state index in [1.54, 1.807) is 11.1 Å². The third-order valence-corrected chi connectivity index (χ3v) is 15.8. The highest BCUT2D eigenvalue weighted by Crippen LogP contribution is 2.50. The van der Waals surface area contributed by atoms with Gasteiger partial charge in [-0.2, -0.15) is 0 Å². The van der Waals surface area contributed by atoms with Crippen molar-refractivity contribution in [1.82, 2.24) is 0 Å². The molecule has 0 bridgehead atoms. The fraction of sp³-hybridized carbons (Fsp3) is 0.118. The van der Waals surface area contributed by atoms with Crippen LogP contribution in [0.4, 0.5) is 22.7 Å². The van der Waals surface area contributed by atoms with Crippen LogP contribution in [0.3, 0.4) is 0 Å². The maximum absolute atomic E-state index is 2.57. The quantitative estimate of drug-likeness (QED) is 0.159. The minimum atomic E-state index is 1.05. The molecule has 2 aliphatic carbocycles. The van der Waals surface area contributed by atoms with Gasteiger partial charge in [0.2, 0.25) is 0 Å². The van der Waals surface area contributed by atoms with Crippen molar-refractivity contribution in [2.75, 3.05) is 9.80 Å². The monoisotopic (exact) mass is 896 g/mol. The van der Waals surface area contributed by atoms with Gasteiger partial charge in [0.1, 0.15) is 0 Å². The number of rotatable bonds is 5. The number of aryl methyl sites for hydroxylation is 2. The van der Waals surface area contributed by atoms with Gasteiger partial charge in [-0.3, -0.25) is 0 Å². The first-order chi connectivity index (χ1) is 34.7. The molecule has 14 rings (SSSR count). The van der Waals surface area contributed by atoms with Gasteiger partial charge in [-0.15, -0.1) is 0 Å². The summed E-state index contributed by atoms with van der Waals surface area (Å²) in [6.07, 6.45) is 18.2. The Kier molecular flexibility index (Phi) is 9.79. The molecule has 334 valence electrons. The number of hydrogen-bond donors (Lipinski definition) is 0. The lowest BCUT2D eigenvalue weighted by Gasteiger charge is -2.31. The Morgan fingerprint density at radius 1 is 0.314 bits per heavy atom. The van der Waals surface area contributed by atoms with E-state index in [4.69, 9.17) is 0 Å². The summed E-state index contributed by atoms with van der Waals surface area (Å²) in [6.45, 7) is 0. The lowest BCUT2D eigenvalue weighted by molar-refractivity contribution is 0.833. The van der Waals surface area contributed by atoms with Crippen LogP contribution in [0.1, 0.15) is 49.7 Å². The molecule has 2 heterocycles. The van der Waals surface area contributed by atoms with E-state index in [1.165, 1.54) is 122 Å². The number of nitrogens with zero attached hydrogens (tertiary/aromatic N) is 2. The minimum Gasteiger partial charge on any atom is -0.310 e. The van der Waals surface area contributed by atoms with Crippen LogP contribution in [0.5, 0.6) is 0 Å². The van der Waals surface area contributed by atoms with E-state index in [0.29, 0.717) is 0 Å². The molecule has 2 aliphatic heterocycles. The number of hydrogen-bond acceptors (Lipinski definition) is 2. The first-order valence-electron chi connectivity index (χ1n) is 25.4. The van der Waals surface area contributed by atoms with Gasteiger partial charge in [0, 0.05) is 34.1 Å². The van der Waals surface area contributed by atoms with Crippen molar-refractivity contribution >= 4 is 65.8 Å². The van der Waals surface area contributed by atoms with E-state index >= 15 is 0 Å². The van der Waals surface area contributed by atoms with Crippen LogP contribution in [-0.4, -0.2) is 0 Å². The van der Waals surface area contributed by atoms with Crippen LogP contribution >= 0.6 is 0 Å². The van der Waals surface area contributed by atoms with Crippen molar-refractivity contribution in [2.24, 2.45) is 0 Å². The number of allylic oxidation sites excluding steroid dienone is 6. The van der Waals surface area contributed by atoms with E-state index < -0.39 is 0 Å². The van der Waals surface area contributed by atoms with Crippen molar-refractivity contribution < 1.29 is 0 Å². The Morgan fingerprint density at radius 3 is 1.47 bits per heavy atom. The second-order valence-corrected chi connectivity index (χ2v) is 19.7. The summed E-state index contributed by atoms with van der Waals surface area (Å²) in [4.78, 5) is 5.14. The summed E-state index contributed by atoms with van der Waals surface area (Å²) in [5, 5.41) is 10.0. The Morgan fingerprint density at radius 2 is 0.829 bits per heavy atom. The van der Waals surface area contributed by atoms with Gasteiger partial charge in [0.05, 0.1) is 0 Å². The molecule has 0 amide bonds. The lowest BCUT2D eigenvalue weighted by Crippen LogP contribution is -2.18. The van der Waals surface area contributed by atoms with Crippen molar-refractivity contribution in [1.29, 1.82) is 0 Å². The first kappa shape index (κ1) is 40.8. The van der Waals surface area contributed by atoms with Crippen LogP contribution in [0.15, 0.2) is 241 Å². The Hall–Kier alpha value is -8.20. The molecule has 2 nitrogen and oxygen atoms in total. The molecule has 0 N–H and O–H groups in total. The number of para-hydroxylation sites is 2. The van der Waals surface area contributed by atoms with Crippen molar-refractivity contribution in [3.8, 4) is 33.4 Å². The zero-order valence-electron chi connectivity index (χ0n) is 39.3. The van der Waals surface area contributed by atoms with Gasteiger partial charge in [-0.1, -0.05) is 164 Å². The summed E-state index contributed by atoms with van der Waals surface area (Å²) >= 11 is 0. The molecule has 0 unspecified atom stereocenters. The maximum atomic E-state index is 2.57. The minimum absolute atomic E-state index is 1.05. The SMILES string of the molecule is C1=CC2=C(CC1)CCc1ccccc1N2c1ccc2c(-c3ccc4ccccc4c3)c3cc(N4C5=C(CCC=C5)CCc5ccccc54)ccc3c(-c3ccc(-c4cccc5ccccc45)cc3)c2c1. The summed E-state index contributed by atoms with van der Waals surface area (Å²) < 4.78 is 0. The fourth-order valence-corrected chi connectivity index (χ4v) is 12.4. The van der Waals surface area contributed by atoms with Crippen molar-refractivity contribution in [2.45, 2.75) is 51.4 Å². The van der Waals surface area contributed by atoms with Crippen molar-refractivity contribution in [3.63, 3.8) is 0 Å². The highest BCUT2D eigenvalue weighted by molar-refractivity contribution is 6.23. The molecule has 4 aliphatic rings. The number of anilines is 4. The van der Waals surface area contributed by atoms with Crippen LogP contribution in [0.2, 0.25) is 0 Å². The van der Waals surface area contributed by atoms with Gasteiger partial charge in [-0.05, 0) is 205 Å². The third-order valence-electron chi connectivity index (χ3n) is 15.8. The highest BCUT2D eigenvalue weighted by Gasteiger charge is 2.28. The molecule has 2 heteroatoms. The van der Waals surface area contributed by atoms with Gasteiger partial charge >= 0.3 is 0 Å². The summed E-state index contributed by atoms with van der Waals surface area (Å²) in [5.74, 6) is 0. The van der Waals surface area contributed by atoms with E-state index in [9.17, 15) is 0 Å². The predicted molar refractivity (Wildman–Crippen MR) is 297 cm³/mol. The largest absolute Gasteiger partial charge is 0.310 e. The normalized spacial score (nSPS) is 15.5. The van der Waals surface area contributed by atoms with E-state index in [1.807, 2.05) is 0 Å². The molecule has 0 spiro atoms. The second kappa shape index (κ2) is 16.8.